The average molecular weight is 1010 g/mol. The van der Waals surface area contributed by atoms with Gasteiger partial charge in [0, 0.05) is 75.4 Å². The van der Waals surface area contributed by atoms with E-state index in [0.717, 1.165) is 58.4 Å². The van der Waals surface area contributed by atoms with Gasteiger partial charge in [-0.2, -0.15) is 4.98 Å². The Kier molecular flexibility index (Phi) is 18.5. The van der Waals surface area contributed by atoms with E-state index >= 15 is 0 Å². The highest BCUT2D eigenvalue weighted by atomic mass is 32.1. The number of thiazole rings is 1. The van der Waals surface area contributed by atoms with Crippen LogP contribution in [0.15, 0.2) is 66.3 Å². The summed E-state index contributed by atoms with van der Waals surface area (Å²) in [5.41, 5.74) is 6.55. The molecular formula is C52H68N10O9S. The van der Waals surface area contributed by atoms with Gasteiger partial charge in [0.15, 0.2) is 0 Å². The number of aryl methyl sites for hydroxylation is 1. The van der Waals surface area contributed by atoms with Gasteiger partial charge in [-0.3, -0.25) is 24.0 Å². The number of likely N-dealkylation sites (tertiary alicyclic amines) is 1. The van der Waals surface area contributed by atoms with Crippen LogP contribution >= 0.6 is 11.3 Å². The van der Waals surface area contributed by atoms with Gasteiger partial charge >= 0.3 is 0 Å². The number of benzene rings is 2. The highest BCUT2D eigenvalue weighted by Gasteiger charge is 2.44. The standard InChI is InChI=1S/C52H68N10O9S/c1-33-44(72-32-56-33)35-13-11-34(12-14-35)29-54-48(66)41-28-40(63)31-61(41)50(68)45(52(2,3)4)58-43(64)19-21-69-23-25-71-26-24-70-22-20-53-47(65)36-15-17-38(18-16-36)57-51-55-30-37-27-42(49(67)60(5)6)62(46(37)59-51)39-9-7-8-10-39/h11-18,27,30,32,39-41,45,63H,7-10,19-26,28-29,31H2,1-6H3,(H,53,65)(H,54,66)(H,58,64)(H,55,57,59)/t40-,41+,45-/m1/s1. The van der Waals surface area contributed by atoms with E-state index in [1.165, 1.54) is 4.90 Å². The molecule has 0 spiro atoms. The van der Waals surface area contributed by atoms with E-state index in [9.17, 15) is 29.1 Å². The smallest absolute Gasteiger partial charge is 0.270 e. The number of rotatable bonds is 23. The number of hydrogen-bond donors (Lipinski definition) is 5. The molecule has 7 rings (SSSR count). The number of fused-ring (bicyclic) bond motifs is 1. The lowest BCUT2D eigenvalue weighted by atomic mass is 9.85. The fraction of sp³-hybridized carbons (Fsp3) is 0.500. The first-order valence-electron chi connectivity index (χ1n) is 24.6. The third-order valence-electron chi connectivity index (χ3n) is 12.8. The Morgan fingerprint density at radius 2 is 1.57 bits per heavy atom. The summed E-state index contributed by atoms with van der Waals surface area (Å²) < 4.78 is 18.9. The molecule has 4 heterocycles. The van der Waals surface area contributed by atoms with Crippen molar-refractivity contribution in [3.8, 4) is 10.4 Å². The molecule has 5 aromatic rings. The number of ether oxygens (including phenoxy) is 3. The molecule has 0 bridgehead atoms. The van der Waals surface area contributed by atoms with Crippen molar-refractivity contribution in [2.24, 2.45) is 5.41 Å². The number of carbonyl (C=O) groups excluding carboxylic acids is 5. The number of β-amino-alcohol motifs (C(OH)–C–C–N with tert-alkyl or cyclic N) is 1. The summed E-state index contributed by atoms with van der Waals surface area (Å²) in [5.74, 6) is -1.09. The van der Waals surface area contributed by atoms with Gasteiger partial charge in [0.1, 0.15) is 23.4 Å². The maximum absolute atomic E-state index is 14.0. The van der Waals surface area contributed by atoms with Crippen LogP contribution < -0.4 is 21.3 Å². The third-order valence-corrected chi connectivity index (χ3v) is 13.7. The predicted octanol–water partition coefficient (Wildman–Crippen LogP) is 5.40. The third kappa shape index (κ3) is 14.0. The second-order valence-electron chi connectivity index (χ2n) is 19.5. The van der Waals surface area contributed by atoms with E-state index in [1.54, 1.807) is 60.8 Å². The zero-order valence-electron chi connectivity index (χ0n) is 42.1. The number of hydrogen-bond acceptors (Lipinski definition) is 14. The molecule has 2 fully saturated rings. The first-order chi connectivity index (χ1) is 34.6. The van der Waals surface area contributed by atoms with Crippen LogP contribution in [0.3, 0.4) is 0 Å². The quantitative estimate of drug-likeness (QED) is 0.0517. The Morgan fingerprint density at radius 3 is 2.22 bits per heavy atom. The van der Waals surface area contributed by atoms with Gasteiger partial charge in [-0.1, -0.05) is 57.9 Å². The van der Waals surface area contributed by atoms with E-state index in [-0.39, 0.29) is 75.4 Å². The molecule has 1 aliphatic heterocycles. The molecule has 0 radical (unpaired) electrons. The molecule has 0 unspecified atom stereocenters. The molecule has 1 aliphatic carbocycles. The molecule has 3 atom stereocenters. The summed E-state index contributed by atoms with van der Waals surface area (Å²) >= 11 is 1.57. The predicted molar refractivity (Wildman–Crippen MR) is 274 cm³/mol. The van der Waals surface area contributed by atoms with Crippen LogP contribution in [-0.2, 0) is 35.1 Å². The topological polar surface area (TPSA) is 231 Å². The Balaban J connectivity index is 0.748. The number of aliphatic hydroxyl groups excluding tert-OH is 1. The van der Waals surface area contributed by atoms with Gasteiger partial charge in [-0.15, -0.1) is 11.3 Å². The monoisotopic (exact) mass is 1010 g/mol. The van der Waals surface area contributed by atoms with Crippen molar-refractivity contribution >= 4 is 63.5 Å². The minimum Gasteiger partial charge on any atom is -0.391 e. The van der Waals surface area contributed by atoms with E-state index in [2.05, 4.69) is 35.8 Å². The number of amides is 5. The number of nitrogens with one attached hydrogen (secondary N) is 4. The summed E-state index contributed by atoms with van der Waals surface area (Å²) in [6, 6.07) is 15.1. The van der Waals surface area contributed by atoms with Crippen LogP contribution in [0, 0.1) is 12.3 Å². The fourth-order valence-corrected chi connectivity index (χ4v) is 9.70. The van der Waals surface area contributed by atoms with Crippen molar-refractivity contribution in [1.29, 1.82) is 0 Å². The van der Waals surface area contributed by atoms with Gasteiger partial charge < -0.3 is 55.0 Å². The maximum atomic E-state index is 14.0. The van der Waals surface area contributed by atoms with Crippen molar-refractivity contribution in [3.63, 3.8) is 0 Å². The lowest BCUT2D eigenvalue weighted by Gasteiger charge is -2.35. The first-order valence-corrected chi connectivity index (χ1v) is 25.5. The second kappa shape index (κ2) is 24.9. The van der Waals surface area contributed by atoms with Gasteiger partial charge in [-0.25, -0.2) is 9.97 Å². The first kappa shape index (κ1) is 53.5. The molecule has 1 saturated heterocycles. The van der Waals surface area contributed by atoms with Crippen LogP contribution in [0.4, 0.5) is 11.6 Å². The normalized spacial score (nSPS) is 16.5. The molecule has 5 N–H and O–H groups in total. The van der Waals surface area contributed by atoms with Crippen molar-refractivity contribution in [2.75, 3.05) is 72.1 Å². The summed E-state index contributed by atoms with van der Waals surface area (Å²) in [4.78, 5) is 83.9. The van der Waals surface area contributed by atoms with Crippen molar-refractivity contribution in [1.82, 2.24) is 45.3 Å². The van der Waals surface area contributed by atoms with E-state index < -0.39 is 29.5 Å². The van der Waals surface area contributed by atoms with Gasteiger partial charge in [0.2, 0.25) is 23.7 Å². The van der Waals surface area contributed by atoms with Crippen LogP contribution in [0.25, 0.3) is 21.5 Å². The highest BCUT2D eigenvalue weighted by molar-refractivity contribution is 7.13. The van der Waals surface area contributed by atoms with Crippen molar-refractivity contribution < 1.29 is 43.3 Å². The molecule has 3 aromatic heterocycles. The lowest BCUT2D eigenvalue weighted by Crippen LogP contribution is -2.57. The molecule has 386 valence electrons. The Morgan fingerprint density at radius 1 is 0.889 bits per heavy atom. The number of nitrogens with zero attached hydrogens (tertiary/aromatic N) is 6. The highest BCUT2D eigenvalue weighted by Crippen LogP contribution is 2.35. The minimum absolute atomic E-state index is 0.00820. The molecule has 72 heavy (non-hydrogen) atoms. The lowest BCUT2D eigenvalue weighted by molar-refractivity contribution is -0.144. The van der Waals surface area contributed by atoms with Crippen LogP contribution in [0.5, 0.6) is 0 Å². The van der Waals surface area contributed by atoms with E-state index in [0.29, 0.717) is 49.3 Å². The fourth-order valence-electron chi connectivity index (χ4n) is 8.89. The number of aliphatic hydroxyl groups is 1. The Labute approximate surface area is 424 Å². The SMILES string of the molecule is Cc1ncsc1-c1ccc(CNC(=O)[C@@H]2C[C@@H](O)CN2C(=O)[C@@H](NC(=O)CCOCCOCCOCCNC(=O)c2ccc(Nc3ncc4cc(C(=O)N(C)C)n(C5CCCC5)c4n3)cc2)C(C)(C)C)cc1. The molecule has 20 heteroatoms. The molecule has 2 aliphatic rings. The molecule has 2 aromatic carbocycles. The summed E-state index contributed by atoms with van der Waals surface area (Å²) in [7, 11) is 3.50. The summed E-state index contributed by atoms with van der Waals surface area (Å²) in [6.07, 6.45) is 5.19. The Hall–Kier alpha value is -6.32. The molecule has 19 nitrogen and oxygen atoms in total. The van der Waals surface area contributed by atoms with Gasteiger partial charge in [0.25, 0.3) is 11.8 Å². The van der Waals surface area contributed by atoms with Crippen molar-refractivity contribution in [2.45, 2.75) is 97.0 Å². The zero-order valence-corrected chi connectivity index (χ0v) is 42.9. The number of anilines is 2. The molecule has 1 saturated carbocycles. The molecular weight excluding hydrogens is 941 g/mol. The Bertz CT molecular complexity index is 2640. The van der Waals surface area contributed by atoms with Crippen molar-refractivity contribution in [3.05, 3.63) is 88.8 Å². The number of carbonyl (C=O) groups is 5. The van der Waals surface area contributed by atoms with Crippen LogP contribution in [0.2, 0.25) is 0 Å². The number of aromatic nitrogens is 4. The van der Waals surface area contributed by atoms with E-state index in [4.69, 9.17) is 19.2 Å². The summed E-state index contributed by atoms with van der Waals surface area (Å²) in [6.45, 7) is 9.56. The van der Waals surface area contributed by atoms with Crippen LogP contribution in [-0.4, -0.2) is 149 Å². The average Bonchev–Trinajstić information content (AvgIpc) is 4.19. The van der Waals surface area contributed by atoms with Gasteiger partial charge in [-0.05, 0) is 66.6 Å². The van der Waals surface area contributed by atoms with Crippen LogP contribution in [0.1, 0.15) is 97.4 Å². The zero-order chi connectivity index (χ0) is 51.4. The maximum Gasteiger partial charge on any atom is 0.270 e. The van der Waals surface area contributed by atoms with E-state index in [1.807, 2.05) is 63.5 Å². The largest absolute Gasteiger partial charge is 0.391 e. The second-order valence-corrected chi connectivity index (χ2v) is 20.4. The minimum atomic E-state index is -0.943. The van der Waals surface area contributed by atoms with Gasteiger partial charge in [0.05, 0.1) is 61.8 Å². The summed E-state index contributed by atoms with van der Waals surface area (Å²) in [5, 5.41) is 23.2. The molecule has 5 amide bonds.